The SMILES string of the molecule is NC(N)=NC(N)=NC1CCSC1. The van der Waals surface area contributed by atoms with Crippen LogP contribution >= 0.6 is 11.8 Å². The summed E-state index contributed by atoms with van der Waals surface area (Å²) in [5, 5.41) is 0. The van der Waals surface area contributed by atoms with Crippen LogP contribution in [0.25, 0.3) is 0 Å². The van der Waals surface area contributed by atoms with Gasteiger partial charge in [0.25, 0.3) is 0 Å². The predicted octanol–water partition coefficient (Wildman–Crippen LogP) is -0.920. The van der Waals surface area contributed by atoms with Crippen molar-refractivity contribution in [3.05, 3.63) is 0 Å². The summed E-state index contributed by atoms with van der Waals surface area (Å²) < 4.78 is 0. The average molecular weight is 187 g/mol. The molecule has 0 saturated carbocycles. The Morgan fingerprint density at radius 3 is 2.58 bits per heavy atom. The summed E-state index contributed by atoms with van der Waals surface area (Å²) in [5.74, 6) is 2.30. The van der Waals surface area contributed by atoms with E-state index in [9.17, 15) is 0 Å². The first-order valence-electron chi connectivity index (χ1n) is 3.69. The molecule has 1 saturated heterocycles. The zero-order valence-corrected chi connectivity index (χ0v) is 7.55. The summed E-state index contributed by atoms with van der Waals surface area (Å²) >= 11 is 1.87. The quantitative estimate of drug-likeness (QED) is 0.365. The average Bonchev–Trinajstić information content (AvgIpc) is 2.37. The largest absolute Gasteiger partial charge is 0.370 e. The van der Waals surface area contributed by atoms with Crippen molar-refractivity contribution in [2.24, 2.45) is 27.2 Å². The molecule has 1 heterocycles. The lowest BCUT2D eigenvalue weighted by Crippen LogP contribution is -2.27. The zero-order chi connectivity index (χ0) is 8.97. The molecule has 1 fully saturated rings. The Balaban J connectivity index is 2.49. The van der Waals surface area contributed by atoms with Crippen LogP contribution in [-0.4, -0.2) is 29.5 Å². The number of aliphatic imine (C=N–C) groups is 2. The zero-order valence-electron chi connectivity index (χ0n) is 6.73. The molecule has 0 aromatic carbocycles. The van der Waals surface area contributed by atoms with Gasteiger partial charge in [0.1, 0.15) is 0 Å². The van der Waals surface area contributed by atoms with E-state index >= 15 is 0 Å². The molecule has 1 unspecified atom stereocenters. The number of hydrogen-bond donors (Lipinski definition) is 3. The Morgan fingerprint density at radius 1 is 1.33 bits per heavy atom. The predicted molar refractivity (Wildman–Crippen MR) is 53.2 cm³/mol. The van der Waals surface area contributed by atoms with Crippen LogP contribution in [0.3, 0.4) is 0 Å². The molecule has 1 aliphatic heterocycles. The van der Waals surface area contributed by atoms with E-state index in [1.165, 1.54) is 0 Å². The fourth-order valence-corrected chi connectivity index (χ4v) is 2.09. The summed E-state index contributed by atoms with van der Waals surface area (Å²) in [5.41, 5.74) is 15.7. The van der Waals surface area contributed by atoms with Gasteiger partial charge in [-0.1, -0.05) is 0 Å². The maximum atomic E-state index is 5.45. The van der Waals surface area contributed by atoms with Gasteiger partial charge < -0.3 is 17.2 Å². The van der Waals surface area contributed by atoms with Gasteiger partial charge in [-0.15, -0.1) is 0 Å². The topological polar surface area (TPSA) is 103 Å². The van der Waals surface area contributed by atoms with Crippen LogP contribution in [-0.2, 0) is 0 Å². The first kappa shape index (κ1) is 9.18. The summed E-state index contributed by atoms with van der Waals surface area (Å²) in [4.78, 5) is 7.77. The Bertz CT molecular complexity index is 202. The Labute approximate surface area is 75.5 Å². The number of nitrogens with two attached hydrogens (primary N) is 3. The van der Waals surface area contributed by atoms with Crippen LogP contribution in [0, 0.1) is 0 Å². The van der Waals surface area contributed by atoms with Crippen molar-refractivity contribution < 1.29 is 0 Å². The van der Waals surface area contributed by atoms with Gasteiger partial charge in [-0.05, 0) is 12.2 Å². The van der Waals surface area contributed by atoms with Crippen LogP contribution in [0.5, 0.6) is 0 Å². The Hall–Kier alpha value is -0.910. The first-order valence-corrected chi connectivity index (χ1v) is 4.84. The number of guanidine groups is 2. The normalized spacial score (nSPS) is 24.0. The molecule has 5 nitrogen and oxygen atoms in total. The molecule has 0 spiro atoms. The molecule has 6 N–H and O–H groups in total. The van der Waals surface area contributed by atoms with Crippen LogP contribution in [0.1, 0.15) is 6.42 Å². The van der Waals surface area contributed by atoms with E-state index in [2.05, 4.69) is 9.98 Å². The summed E-state index contributed by atoms with van der Waals surface area (Å²) in [6, 6.07) is 0.290. The summed E-state index contributed by atoms with van der Waals surface area (Å²) in [6.45, 7) is 0. The van der Waals surface area contributed by atoms with Crippen molar-refractivity contribution in [2.45, 2.75) is 12.5 Å². The highest BCUT2D eigenvalue weighted by Crippen LogP contribution is 2.19. The number of nitrogens with zero attached hydrogens (tertiary/aromatic N) is 2. The lowest BCUT2D eigenvalue weighted by Gasteiger charge is -2.00. The number of rotatable bonds is 1. The van der Waals surface area contributed by atoms with Gasteiger partial charge >= 0.3 is 0 Å². The van der Waals surface area contributed by atoms with E-state index in [0.717, 1.165) is 17.9 Å². The minimum Gasteiger partial charge on any atom is -0.370 e. The van der Waals surface area contributed by atoms with Gasteiger partial charge in [-0.3, -0.25) is 0 Å². The molecule has 0 amide bonds. The maximum absolute atomic E-state index is 5.45. The summed E-state index contributed by atoms with van der Waals surface area (Å²) in [7, 11) is 0. The van der Waals surface area contributed by atoms with Crippen LogP contribution in [0.2, 0.25) is 0 Å². The lowest BCUT2D eigenvalue weighted by atomic mass is 10.3. The number of thioether (sulfide) groups is 1. The third kappa shape index (κ3) is 3.00. The molecule has 0 radical (unpaired) electrons. The molecule has 1 rings (SSSR count). The van der Waals surface area contributed by atoms with Crippen molar-refractivity contribution in [3.8, 4) is 0 Å². The highest BCUT2D eigenvalue weighted by molar-refractivity contribution is 7.99. The van der Waals surface area contributed by atoms with Gasteiger partial charge in [0.15, 0.2) is 5.96 Å². The third-order valence-electron chi connectivity index (χ3n) is 1.46. The van der Waals surface area contributed by atoms with Gasteiger partial charge in [0.05, 0.1) is 6.04 Å². The van der Waals surface area contributed by atoms with Crippen LogP contribution < -0.4 is 17.2 Å². The fraction of sp³-hybridized carbons (Fsp3) is 0.667. The minimum absolute atomic E-state index is 0.0399. The van der Waals surface area contributed by atoms with Crippen molar-refractivity contribution in [3.63, 3.8) is 0 Å². The molecule has 68 valence electrons. The minimum atomic E-state index is -0.0399. The van der Waals surface area contributed by atoms with Gasteiger partial charge in [0.2, 0.25) is 5.96 Å². The van der Waals surface area contributed by atoms with Gasteiger partial charge in [0, 0.05) is 5.75 Å². The first-order chi connectivity index (χ1) is 5.68. The molecule has 0 aliphatic carbocycles. The highest BCUT2D eigenvalue weighted by atomic mass is 32.2. The van der Waals surface area contributed by atoms with E-state index in [1.807, 2.05) is 11.8 Å². The van der Waals surface area contributed by atoms with Gasteiger partial charge in [-0.2, -0.15) is 16.8 Å². The number of hydrogen-bond acceptors (Lipinski definition) is 2. The second-order valence-corrected chi connectivity index (χ2v) is 3.69. The fourth-order valence-electron chi connectivity index (χ4n) is 0.972. The second kappa shape index (κ2) is 4.20. The monoisotopic (exact) mass is 187 g/mol. The van der Waals surface area contributed by atoms with Crippen molar-refractivity contribution in [1.82, 2.24) is 0 Å². The molecule has 0 bridgehead atoms. The highest BCUT2D eigenvalue weighted by Gasteiger charge is 2.14. The smallest absolute Gasteiger partial charge is 0.218 e. The molecule has 0 aromatic heterocycles. The lowest BCUT2D eigenvalue weighted by molar-refractivity contribution is 0.759. The van der Waals surface area contributed by atoms with Crippen molar-refractivity contribution in [2.75, 3.05) is 11.5 Å². The van der Waals surface area contributed by atoms with E-state index in [4.69, 9.17) is 17.2 Å². The molecule has 1 atom stereocenters. The second-order valence-electron chi connectivity index (χ2n) is 2.54. The molecule has 0 aromatic rings. The molecular formula is C6H13N5S. The molecular weight excluding hydrogens is 174 g/mol. The Morgan fingerprint density at radius 2 is 2.08 bits per heavy atom. The van der Waals surface area contributed by atoms with Crippen molar-refractivity contribution >= 4 is 23.7 Å². The standard InChI is InChI=1S/C6H13N5S/c7-5(8)11-6(9)10-4-1-2-12-3-4/h4H,1-3H2,(H6,7,8,9,10,11). The van der Waals surface area contributed by atoms with Crippen molar-refractivity contribution in [1.29, 1.82) is 0 Å². The Kier molecular flexibility index (Phi) is 3.21. The van der Waals surface area contributed by atoms with E-state index in [-0.39, 0.29) is 18.0 Å². The maximum Gasteiger partial charge on any atom is 0.218 e. The third-order valence-corrected chi connectivity index (χ3v) is 2.61. The van der Waals surface area contributed by atoms with E-state index < -0.39 is 0 Å². The van der Waals surface area contributed by atoms with Crippen LogP contribution in [0.15, 0.2) is 9.98 Å². The van der Waals surface area contributed by atoms with Gasteiger partial charge in [-0.25, -0.2) is 4.99 Å². The summed E-state index contributed by atoms with van der Waals surface area (Å²) in [6.07, 6.45) is 1.06. The van der Waals surface area contributed by atoms with E-state index in [1.54, 1.807) is 0 Å². The van der Waals surface area contributed by atoms with E-state index in [0.29, 0.717) is 0 Å². The molecule has 1 aliphatic rings. The van der Waals surface area contributed by atoms with Crippen LogP contribution in [0.4, 0.5) is 0 Å². The molecule has 12 heavy (non-hydrogen) atoms. The molecule has 6 heteroatoms.